The van der Waals surface area contributed by atoms with Crippen molar-refractivity contribution in [3.05, 3.63) is 71.7 Å². The number of benzene rings is 2. The molecule has 1 aliphatic carbocycles. The third-order valence-corrected chi connectivity index (χ3v) is 3.63. The minimum absolute atomic E-state index is 0.312. The molecule has 0 spiro atoms. The molecule has 0 amide bonds. The summed E-state index contributed by atoms with van der Waals surface area (Å²) in [7, 11) is -1.37. The van der Waals surface area contributed by atoms with Crippen LogP contribution in [0.25, 0.3) is 10.8 Å². The number of fused-ring (bicyclic) bond motifs is 1. The van der Waals surface area contributed by atoms with E-state index in [9.17, 15) is 0 Å². The van der Waals surface area contributed by atoms with Crippen LogP contribution in [0.1, 0.15) is 17.9 Å². The fraction of sp³-hybridized carbons (Fsp3) is 0.125. The van der Waals surface area contributed by atoms with Gasteiger partial charge in [0.1, 0.15) is 0 Å². The SMILES string of the molecule is OB(O)C1=CCC(c2ccc3ccccc3c2)C=C1. The molecular formula is C16H15BO2. The van der Waals surface area contributed by atoms with Gasteiger partial charge in [-0.1, -0.05) is 60.7 Å². The number of hydrogen-bond donors (Lipinski definition) is 2. The maximum absolute atomic E-state index is 9.11. The van der Waals surface area contributed by atoms with Gasteiger partial charge in [-0.15, -0.1) is 0 Å². The lowest BCUT2D eigenvalue weighted by molar-refractivity contribution is 0.420. The molecule has 94 valence electrons. The van der Waals surface area contributed by atoms with Crippen LogP contribution in [0, 0.1) is 0 Å². The van der Waals surface area contributed by atoms with E-state index < -0.39 is 7.12 Å². The Bertz CT molecular complexity index is 659. The largest absolute Gasteiger partial charge is 0.488 e. The van der Waals surface area contributed by atoms with E-state index in [-0.39, 0.29) is 0 Å². The first-order chi connectivity index (χ1) is 9.24. The van der Waals surface area contributed by atoms with Gasteiger partial charge in [0.15, 0.2) is 0 Å². The Morgan fingerprint density at radius 3 is 2.47 bits per heavy atom. The van der Waals surface area contributed by atoms with Gasteiger partial charge < -0.3 is 10.0 Å². The first-order valence-electron chi connectivity index (χ1n) is 6.47. The number of hydrogen-bond acceptors (Lipinski definition) is 2. The standard InChI is InChI=1S/C16H15BO2/c18-17(19)16-9-7-13(8-10-16)15-6-5-12-3-1-2-4-14(12)11-15/h1-7,9-11,13,18-19H,8H2. The zero-order valence-corrected chi connectivity index (χ0v) is 10.5. The second-order valence-corrected chi connectivity index (χ2v) is 4.89. The molecule has 3 heteroatoms. The van der Waals surface area contributed by atoms with E-state index >= 15 is 0 Å². The van der Waals surface area contributed by atoms with Gasteiger partial charge in [-0.2, -0.15) is 0 Å². The molecular weight excluding hydrogens is 235 g/mol. The van der Waals surface area contributed by atoms with E-state index in [1.807, 2.05) is 24.3 Å². The van der Waals surface area contributed by atoms with Gasteiger partial charge in [0.2, 0.25) is 0 Å². The van der Waals surface area contributed by atoms with Gasteiger partial charge in [-0.05, 0) is 28.2 Å². The van der Waals surface area contributed by atoms with E-state index in [1.165, 1.54) is 16.3 Å². The van der Waals surface area contributed by atoms with Crippen molar-refractivity contribution in [2.24, 2.45) is 0 Å². The molecule has 0 radical (unpaired) electrons. The maximum atomic E-state index is 9.11. The van der Waals surface area contributed by atoms with Gasteiger partial charge in [0, 0.05) is 5.92 Å². The maximum Gasteiger partial charge on any atom is 0.488 e. The second kappa shape index (κ2) is 5.04. The summed E-state index contributed by atoms with van der Waals surface area (Å²) < 4.78 is 0. The predicted octanol–water partition coefficient (Wildman–Crippen LogP) is 2.82. The monoisotopic (exact) mass is 250 g/mol. The highest BCUT2D eigenvalue weighted by Gasteiger charge is 2.17. The summed E-state index contributed by atoms with van der Waals surface area (Å²) in [6.07, 6.45) is 6.54. The minimum Gasteiger partial charge on any atom is -0.423 e. The van der Waals surface area contributed by atoms with Crippen LogP contribution >= 0.6 is 0 Å². The van der Waals surface area contributed by atoms with Crippen molar-refractivity contribution < 1.29 is 10.0 Å². The average molecular weight is 250 g/mol. The molecule has 2 aromatic carbocycles. The fourth-order valence-corrected chi connectivity index (χ4v) is 2.51. The molecule has 2 nitrogen and oxygen atoms in total. The molecule has 0 fully saturated rings. The van der Waals surface area contributed by atoms with Crippen LogP contribution in [0.3, 0.4) is 0 Å². The van der Waals surface area contributed by atoms with Crippen LogP contribution in [0.2, 0.25) is 0 Å². The van der Waals surface area contributed by atoms with Crippen molar-refractivity contribution in [2.75, 3.05) is 0 Å². The fourth-order valence-electron chi connectivity index (χ4n) is 2.51. The Labute approximate surface area is 112 Å². The molecule has 0 saturated carbocycles. The Morgan fingerprint density at radius 1 is 1.00 bits per heavy atom. The lowest BCUT2D eigenvalue weighted by Gasteiger charge is -2.17. The summed E-state index contributed by atoms with van der Waals surface area (Å²) in [5, 5.41) is 20.7. The Morgan fingerprint density at radius 2 is 1.79 bits per heavy atom. The van der Waals surface area contributed by atoms with Crippen LogP contribution in [0.4, 0.5) is 0 Å². The highest BCUT2D eigenvalue weighted by molar-refractivity contribution is 6.51. The summed E-state index contributed by atoms with van der Waals surface area (Å²) in [6.45, 7) is 0. The molecule has 0 heterocycles. The summed E-state index contributed by atoms with van der Waals surface area (Å²) in [6, 6.07) is 14.8. The van der Waals surface area contributed by atoms with Crippen LogP contribution in [0.15, 0.2) is 66.2 Å². The smallest absolute Gasteiger partial charge is 0.423 e. The highest BCUT2D eigenvalue weighted by Crippen LogP contribution is 2.29. The van der Waals surface area contributed by atoms with Crippen molar-refractivity contribution >= 4 is 17.9 Å². The molecule has 0 saturated heterocycles. The zero-order valence-electron chi connectivity index (χ0n) is 10.5. The molecule has 1 atom stereocenters. The van der Waals surface area contributed by atoms with Gasteiger partial charge in [0.05, 0.1) is 0 Å². The van der Waals surface area contributed by atoms with E-state index in [0.29, 0.717) is 11.4 Å². The normalized spacial score (nSPS) is 18.4. The van der Waals surface area contributed by atoms with Gasteiger partial charge in [0.25, 0.3) is 0 Å². The summed E-state index contributed by atoms with van der Waals surface area (Å²) in [5.74, 6) is 0.312. The van der Waals surface area contributed by atoms with Crippen molar-refractivity contribution in [1.29, 1.82) is 0 Å². The second-order valence-electron chi connectivity index (χ2n) is 4.89. The van der Waals surface area contributed by atoms with Crippen molar-refractivity contribution in [1.82, 2.24) is 0 Å². The van der Waals surface area contributed by atoms with Crippen molar-refractivity contribution in [2.45, 2.75) is 12.3 Å². The Kier molecular flexibility index (Phi) is 3.24. The predicted molar refractivity (Wildman–Crippen MR) is 78.7 cm³/mol. The van der Waals surface area contributed by atoms with E-state index in [4.69, 9.17) is 10.0 Å². The quantitative estimate of drug-likeness (QED) is 0.804. The molecule has 1 aliphatic rings. The Balaban J connectivity index is 1.88. The molecule has 2 aromatic rings. The van der Waals surface area contributed by atoms with Gasteiger partial charge in [-0.25, -0.2) is 0 Å². The summed E-state index contributed by atoms with van der Waals surface area (Å²) in [4.78, 5) is 0. The van der Waals surface area contributed by atoms with Crippen LogP contribution in [-0.2, 0) is 0 Å². The van der Waals surface area contributed by atoms with Gasteiger partial charge in [-0.3, -0.25) is 0 Å². The van der Waals surface area contributed by atoms with Crippen molar-refractivity contribution in [3.63, 3.8) is 0 Å². The number of rotatable bonds is 2. The summed E-state index contributed by atoms with van der Waals surface area (Å²) in [5.41, 5.74) is 1.84. The molecule has 1 unspecified atom stereocenters. The third kappa shape index (κ3) is 2.48. The molecule has 0 aromatic heterocycles. The van der Waals surface area contributed by atoms with E-state index in [1.54, 1.807) is 6.08 Å². The minimum atomic E-state index is -1.37. The number of allylic oxidation sites excluding steroid dienone is 4. The molecule has 2 N–H and O–H groups in total. The average Bonchev–Trinajstić information content (AvgIpc) is 2.47. The summed E-state index contributed by atoms with van der Waals surface area (Å²) >= 11 is 0. The lowest BCUT2D eigenvalue weighted by atomic mass is 9.74. The Hall–Kier alpha value is -1.84. The molecule has 19 heavy (non-hydrogen) atoms. The van der Waals surface area contributed by atoms with Crippen LogP contribution in [0.5, 0.6) is 0 Å². The highest BCUT2D eigenvalue weighted by atomic mass is 16.4. The topological polar surface area (TPSA) is 40.5 Å². The zero-order chi connectivity index (χ0) is 13.2. The van der Waals surface area contributed by atoms with Gasteiger partial charge >= 0.3 is 7.12 Å². The molecule has 0 aliphatic heterocycles. The molecule has 0 bridgehead atoms. The van der Waals surface area contributed by atoms with E-state index in [2.05, 4.69) is 30.3 Å². The van der Waals surface area contributed by atoms with E-state index in [0.717, 1.165) is 6.42 Å². The molecule has 3 rings (SSSR count). The third-order valence-electron chi connectivity index (χ3n) is 3.63. The van der Waals surface area contributed by atoms with Crippen LogP contribution in [-0.4, -0.2) is 17.2 Å². The first kappa shape index (κ1) is 12.2. The first-order valence-corrected chi connectivity index (χ1v) is 6.47. The van der Waals surface area contributed by atoms with Crippen LogP contribution < -0.4 is 0 Å². The van der Waals surface area contributed by atoms with Crippen molar-refractivity contribution in [3.8, 4) is 0 Å². The lowest BCUT2D eigenvalue weighted by Crippen LogP contribution is -2.16.